The summed E-state index contributed by atoms with van der Waals surface area (Å²) in [5.74, 6) is -1.11. The standard InChI is InChI=1S/C17H13ClN2O4/c1-11-14(18)5-2-6-15(11)20-16(21)10-24-17(22)12(9-19)8-13-4-3-7-23-13/h2-8H,10H2,1H3,(H,20,21)/b12-8+. The average Bonchev–Trinajstić information content (AvgIpc) is 3.08. The fourth-order valence-electron chi connectivity index (χ4n) is 1.79. The third kappa shape index (κ3) is 4.48. The highest BCUT2D eigenvalue weighted by Crippen LogP contribution is 2.22. The van der Waals surface area contributed by atoms with Gasteiger partial charge in [-0.15, -0.1) is 0 Å². The van der Waals surface area contributed by atoms with Crippen molar-refractivity contribution in [3.63, 3.8) is 0 Å². The average molecular weight is 345 g/mol. The van der Waals surface area contributed by atoms with Gasteiger partial charge in [-0.2, -0.15) is 5.26 Å². The molecule has 2 rings (SSSR count). The SMILES string of the molecule is Cc1c(Cl)cccc1NC(=O)COC(=O)/C(C#N)=C/c1ccco1. The number of esters is 1. The molecule has 0 saturated heterocycles. The number of halogens is 1. The molecular formula is C17H13ClN2O4. The molecule has 6 nitrogen and oxygen atoms in total. The number of nitriles is 1. The molecule has 0 fully saturated rings. The van der Waals surface area contributed by atoms with E-state index in [0.29, 0.717) is 22.0 Å². The van der Waals surface area contributed by atoms with E-state index in [1.165, 1.54) is 12.3 Å². The second-order valence-electron chi connectivity index (χ2n) is 4.72. The van der Waals surface area contributed by atoms with Crippen molar-refractivity contribution in [3.8, 4) is 6.07 Å². The topological polar surface area (TPSA) is 92.3 Å². The Morgan fingerprint density at radius 1 is 1.38 bits per heavy atom. The maximum Gasteiger partial charge on any atom is 0.349 e. The van der Waals surface area contributed by atoms with Crippen LogP contribution < -0.4 is 5.32 Å². The first-order chi connectivity index (χ1) is 11.5. The van der Waals surface area contributed by atoms with Crippen LogP contribution in [0.2, 0.25) is 5.02 Å². The summed E-state index contributed by atoms with van der Waals surface area (Å²) in [6.45, 7) is 1.23. The van der Waals surface area contributed by atoms with Gasteiger partial charge in [0, 0.05) is 16.8 Å². The van der Waals surface area contributed by atoms with Crippen LogP contribution in [0.1, 0.15) is 11.3 Å². The molecular weight excluding hydrogens is 332 g/mol. The largest absolute Gasteiger partial charge is 0.465 e. The molecule has 1 heterocycles. The van der Waals surface area contributed by atoms with Gasteiger partial charge in [0.1, 0.15) is 17.4 Å². The maximum absolute atomic E-state index is 11.9. The lowest BCUT2D eigenvalue weighted by atomic mass is 10.2. The molecule has 0 bridgehead atoms. The van der Waals surface area contributed by atoms with Crippen molar-refractivity contribution in [3.05, 3.63) is 58.5 Å². The zero-order chi connectivity index (χ0) is 17.5. The molecule has 0 atom stereocenters. The quantitative estimate of drug-likeness (QED) is 0.510. The van der Waals surface area contributed by atoms with Crippen LogP contribution >= 0.6 is 11.6 Å². The Hall–Kier alpha value is -3.04. The fourth-order valence-corrected chi connectivity index (χ4v) is 1.97. The smallest absolute Gasteiger partial charge is 0.349 e. The Labute approximate surface area is 143 Å². The number of furan rings is 1. The molecule has 0 unspecified atom stereocenters. The van der Waals surface area contributed by atoms with E-state index in [4.69, 9.17) is 26.0 Å². The first-order valence-corrected chi connectivity index (χ1v) is 7.26. The van der Waals surface area contributed by atoms with E-state index in [1.807, 2.05) is 0 Å². The Kier molecular flexibility index (Phi) is 5.77. The van der Waals surface area contributed by atoms with Gasteiger partial charge in [-0.25, -0.2) is 4.79 Å². The van der Waals surface area contributed by atoms with E-state index in [9.17, 15) is 9.59 Å². The van der Waals surface area contributed by atoms with Crippen LogP contribution in [-0.2, 0) is 14.3 Å². The number of ether oxygens (including phenoxy) is 1. The van der Waals surface area contributed by atoms with Gasteiger partial charge in [0.25, 0.3) is 5.91 Å². The van der Waals surface area contributed by atoms with Crippen molar-refractivity contribution in [2.75, 3.05) is 11.9 Å². The maximum atomic E-state index is 11.9. The monoisotopic (exact) mass is 344 g/mol. The minimum atomic E-state index is -0.910. The number of hydrogen-bond donors (Lipinski definition) is 1. The summed E-state index contributed by atoms with van der Waals surface area (Å²) in [5, 5.41) is 12.1. The van der Waals surface area contributed by atoms with Gasteiger partial charge in [0.2, 0.25) is 0 Å². The second-order valence-corrected chi connectivity index (χ2v) is 5.13. The number of carbonyl (C=O) groups excluding carboxylic acids is 2. The van der Waals surface area contributed by atoms with E-state index >= 15 is 0 Å². The van der Waals surface area contributed by atoms with Crippen molar-refractivity contribution in [1.82, 2.24) is 0 Å². The first kappa shape index (κ1) is 17.3. The summed E-state index contributed by atoms with van der Waals surface area (Å²) in [5.41, 5.74) is 0.959. The molecule has 24 heavy (non-hydrogen) atoms. The number of nitrogens with zero attached hydrogens (tertiary/aromatic N) is 1. The van der Waals surface area contributed by atoms with E-state index in [1.54, 1.807) is 43.3 Å². The van der Waals surface area contributed by atoms with Crippen LogP contribution in [0.4, 0.5) is 5.69 Å². The zero-order valence-electron chi connectivity index (χ0n) is 12.7. The first-order valence-electron chi connectivity index (χ1n) is 6.88. The van der Waals surface area contributed by atoms with Crippen molar-refractivity contribution >= 4 is 35.2 Å². The number of hydrogen-bond acceptors (Lipinski definition) is 5. The van der Waals surface area contributed by atoms with Gasteiger partial charge < -0.3 is 14.5 Å². The van der Waals surface area contributed by atoms with Crippen molar-refractivity contribution in [2.45, 2.75) is 6.92 Å². The Morgan fingerprint density at radius 3 is 2.83 bits per heavy atom. The number of nitrogens with one attached hydrogen (secondary N) is 1. The van der Waals surface area contributed by atoms with E-state index in [0.717, 1.165) is 0 Å². The van der Waals surface area contributed by atoms with Gasteiger partial charge in [-0.1, -0.05) is 17.7 Å². The lowest BCUT2D eigenvalue weighted by Crippen LogP contribution is -2.21. The van der Waals surface area contributed by atoms with Crippen LogP contribution in [0.3, 0.4) is 0 Å². The van der Waals surface area contributed by atoms with Gasteiger partial charge in [0.05, 0.1) is 6.26 Å². The van der Waals surface area contributed by atoms with Crippen LogP contribution in [0.5, 0.6) is 0 Å². The van der Waals surface area contributed by atoms with E-state index < -0.39 is 18.5 Å². The van der Waals surface area contributed by atoms with E-state index in [-0.39, 0.29) is 5.57 Å². The van der Waals surface area contributed by atoms with Crippen LogP contribution in [0, 0.1) is 18.3 Å². The highest BCUT2D eigenvalue weighted by Gasteiger charge is 2.14. The minimum absolute atomic E-state index is 0.267. The summed E-state index contributed by atoms with van der Waals surface area (Å²) >= 11 is 5.96. The number of anilines is 1. The third-order valence-corrected chi connectivity index (χ3v) is 3.46. The summed E-state index contributed by atoms with van der Waals surface area (Å²) in [6.07, 6.45) is 2.65. The molecule has 7 heteroatoms. The molecule has 1 aromatic heterocycles. The van der Waals surface area contributed by atoms with Gasteiger partial charge >= 0.3 is 5.97 Å². The van der Waals surface area contributed by atoms with Gasteiger partial charge in [0.15, 0.2) is 6.61 Å². The highest BCUT2D eigenvalue weighted by molar-refractivity contribution is 6.31. The normalized spacial score (nSPS) is 10.8. The number of benzene rings is 1. The summed E-state index contributed by atoms with van der Waals surface area (Å²) < 4.78 is 9.85. The zero-order valence-corrected chi connectivity index (χ0v) is 13.5. The molecule has 0 radical (unpaired) electrons. The predicted molar refractivity (Wildman–Crippen MR) is 88.1 cm³/mol. The molecule has 0 aliphatic carbocycles. The minimum Gasteiger partial charge on any atom is -0.465 e. The number of amides is 1. The molecule has 0 aliphatic rings. The molecule has 1 N–H and O–H groups in total. The Morgan fingerprint density at radius 2 is 2.17 bits per heavy atom. The lowest BCUT2D eigenvalue weighted by Gasteiger charge is -2.09. The molecule has 0 aliphatic heterocycles. The fraction of sp³-hybridized carbons (Fsp3) is 0.118. The molecule has 1 amide bonds. The number of rotatable bonds is 5. The summed E-state index contributed by atoms with van der Waals surface area (Å²) in [7, 11) is 0. The van der Waals surface area contributed by atoms with Crippen molar-refractivity contribution in [1.29, 1.82) is 5.26 Å². The molecule has 0 saturated carbocycles. The lowest BCUT2D eigenvalue weighted by molar-refractivity contribution is -0.142. The molecule has 2 aromatic rings. The second kappa shape index (κ2) is 7.99. The predicted octanol–water partition coefficient (Wildman–Crippen LogP) is 3.33. The van der Waals surface area contributed by atoms with Gasteiger partial charge in [-0.05, 0) is 36.8 Å². The Bertz CT molecular complexity index is 820. The Balaban J connectivity index is 1.94. The van der Waals surface area contributed by atoms with Crippen LogP contribution in [0.25, 0.3) is 6.08 Å². The summed E-state index contributed by atoms with van der Waals surface area (Å²) in [6, 6.07) is 9.98. The number of carbonyl (C=O) groups is 2. The van der Waals surface area contributed by atoms with Crippen LogP contribution in [0.15, 0.2) is 46.6 Å². The van der Waals surface area contributed by atoms with Gasteiger partial charge in [-0.3, -0.25) is 4.79 Å². The van der Waals surface area contributed by atoms with Crippen LogP contribution in [-0.4, -0.2) is 18.5 Å². The molecule has 0 spiro atoms. The molecule has 1 aromatic carbocycles. The van der Waals surface area contributed by atoms with Crippen molar-refractivity contribution in [2.24, 2.45) is 0 Å². The third-order valence-electron chi connectivity index (χ3n) is 3.05. The summed E-state index contributed by atoms with van der Waals surface area (Å²) in [4.78, 5) is 23.7. The highest BCUT2D eigenvalue weighted by atomic mass is 35.5. The molecule has 122 valence electrons. The van der Waals surface area contributed by atoms with E-state index in [2.05, 4.69) is 5.32 Å². The van der Waals surface area contributed by atoms with Crippen molar-refractivity contribution < 1.29 is 18.7 Å².